The molecule has 19 heavy (non-hydrogen) atoms. The standard InChI is InChI=1S/C15H25ClN2S/c1-5-8-17-10-13-6-7-14(16)9-15(13)18(3)12(2)11-19-4/h6-7,9,12,17H,5,8,10-11H2,1-4H3. The molecule has 0 saturated heterocycles. The first kappa shape index (κ1) is 16.7. The Balaban J connectivity index is 2.86. The molecule has 1 unspecified atom stereocenters. The monoisotopic (exact) mass is 300 g/mol. The van der Waals surface area contributed by atoms with Crippen LogP contribution in [0, 0.1) is 0 Å². The Morgan fingerprint density at radius 2 is 2.16 bits per heavy atom. The molecule has 0 aliphatic carbocycles. The van der Waals surface area contributed by atoms with Gasteiger partial charge in [0.2, 0.25) is 0 Å². The van der Waals surface area contributed by atoms with Gasteiger partial charge in [0.25, 0.3) is 0 Å². The van der Waals surface area contributed by atoms with Crippen LogP contribution in [0.25, 0.3) is 0 Å². The first-order chi connectivity index (χ1) is 9.10. The van der Waals surface area contributed by atoms with Crippen LogP contribution < -0.4 is 10.2 Å². The molecule has 0 fully saturated rings. The van der Waals surface area contributed by atoms with Gasteiger partial charge < -0.3 is 10.2 Å². The molecule has 0 aliphatic rings. The largest absolute Gasteiger partial charge is 0.371 e. The van der Waals surface area contributed by atoms with Gasteiger partial charge >= 0.3 is 0 Å². The van der Waals surface area contributed by atoms with Gasteiger partial charge in [0, 0.05) is 36.1 Å². The summed E-state index contributed by atoms with van der Waals surface area (Å²) in [6.07, 6.45) is 3.30. The third-order valence-corrected chi connectivity index (χ3v) is 4.29. The molecule has 0 amide bonds. The third kappa shape index (κ3) is 5.25. The highest BCUT2D eigenvalue weighted by atomic mass is 35.5. The van der Waals surface area contributed by atoms with E-state index in [1.54, 1.807) is 0 Å². The van der Waals surface area contributed by atoms with E-state index in [-0.39, 0.29) is 0 Å². The van der Waals surface area contributed by atoms with Gasteiger partial charge in [0.05, 0.1) is 0 Å². The van der Waals surface area contributed by atoms with E-state index < -0.39 is 0 Å². The lowest BCUT2D eigenvalue weighted by molar-refractivity contribution is 0.670. The predicted molar refractivity (Wildman–Crippen MR) is 89.7 cm³/mol. The highest BCUT2D eigenvalue weighted by Crippen LogP contribution is 2.26. The summed E-state index contributed by atoms with van der Waals surface area (Å²) in [6.45, 7) is 6.38. The molecule has 0 spiro atoms. The van der Waals surface area contributed by atoms with Crippen molar-refractivity contribution in [2.45, 2.75) is 32.9 Å². The highest BCUT2D eigenvalue weighted by molar-refractivity contribution is 7.98. The van der Waals surface area contributed by atoms with Gasteiger partial charge in [-0.1, -0.05) is 24.6 Å². The van der Waals surface area contributed by atoms with Crippen molar-refractivity contribution in [2.24, 2.45) is 0 Å². The number of nitrogens with one attached hydrogen (secondary N) is 1. The van der Waals surface area contributed by atoms with Crippen molar-refractivity contribution in [3.8, 4) is 0 Å². The Morgan fingerprint density at radius 3 is 2.79 bits per heavy atom. The fourth-order valence-corrected chi connectivity index (χ4v) is 2.88. The van der Waals surface area contributed by atoms with Gasteiger partial charge in [-0.3, -0.25) is 0 Å². The Kier molecular flexibility index (Phi) is 7.66. The van der Waals surface area contributed by atoms with Crippen molar-refractivity contribution in [1.29, 1.82) is 0 Å². The van der Waals surface area contributed by atoms with Crippen molar-refractivity contribution in [3.05, 3.63) is 28.8 Å². The average molecular weight is 301 g/mol. The zero-order valence-corrected chi connectivity index (χ0v) is 13.9. The second-order valence-corrected chi connectivity index (χ2v) is 6.21. The smallest absolute Gasteiger partial charge is 0.0426 e. The van der Waals surface area contributed by atoms with Crippen LogP contribution in [0.15, 0.2) is 18.2 Å². The van der Waals surface area contributed by atoms with E-state index >= 15 is 0 Å². The summed E-state index contributed by atoms with van der Waals surface area (Å²) in [7, 11) is 2.15. The first-order valence-electron chi connectivity index (χ1n) is 6.81. The van der Waals surface area contributed by atoms with Crippen LogP contribution in [-0.4, -0.2) is 31.6 Å². The summed E-state index contributed by atoms with van der Waals surface area (Å²) in [5.74, 6) is 1.12. The van der Waals surface area contributed by atoms with Crippen LogP contribution in [0.3, 0.4) is 0 Å². The van der Waals surface area contributed by atoms with E-state index in [9.17, 15) is 0 Å². The molecule has 1 aromatic rings. The number of thioether (sulfide) groups is 1. The molecule has 2 nitrogen and oxygen atoms in total. The minimum Gasteiger partial charge on any atom is -0.371 e. The lowest BCUT2D eigenvalue weighted by atomic mass is 10.1. The number of halogens is 1. The van der Waals surface area contributed by atoms with Crippen LogP contribution in [0.1, 0.15) is 25.8 Å². The van der Waals surface area contributed by atoms with Gasteiger partial charge in [-0.15, -0.1) is 0 Å². The maximum Gasteiger partial charge on any atom is 0.0426 e. The summed E-state index contributed by atoms with van der Waals surface area (Å²) in [5, 5.41) is 4.27. The molecule has 0 radical (unpaired) electrons. The molecule has 0 saturated carbocycles. The highest BCUT2D eigenvalue weighted by Gasteiger charge is 2.13. The molecule has 0 aliphatic heterocycles. The number of anilines is 1. The number of hydrogen-bond acceptors (Lipinski definition) is 3. The topological polar surface area (TPSA) is 15.3 Å². The fraction of sp³-hybridized carbons (Fsp3) is 0.600. The van der Waals surface area contributed by atoms with Gasteiger partial charge in [-0.2, -0.15) is 11.8 Å². The van der Waals surface area contributed by atoms with E-state index in [4.69, 9.17) is 11.6 Å². The molecule has 1 rings (SSSR count). The lowest BCUT2D eigenvalue weighted by Crippen LogP contribution is -2.32. The average Bonchev–Trinajstić information content (AvgIpc) is 2.40. The fourth-order valence-electron chi connectivity index (χ4n) is 2.01. The number of benzene rings is 1. The lowest BCUT2D eigenvalue weighted by Gasteiger charge is -2.29. The molecule has 4 heteroatoms. The van der Waals surface area contributed by atoms with Gasteiger partial charge in [-0.05, 0) is 43.8 Å². The molecular weight excluding hydrogens is 276 g/mol. The number of nitrogens with zero attached hydrogens (tertiary/aromatic N) is 1. The molecule has 1 atom stereocenters. The van der Waals surface area contributed by atoms with Crippen molar-refractivity contribution in [3.63, 3.8) is 0 Å². The minimum atomic E-state index is 0.499. The summed E-state index contributed by atoms with van der Waals surface area (Å²) in [5.41, 5.74) is 2.55. The van der Waals surface area contributed by atoms with Crippen molar-refractivity contribution in [2.75, 3.05) is 30.5 Å². The predicted octanol–water partition coefficient (Wildman–Crippen LogP) is 4.03. The van der Waals surface area contributed by atoms with Crippen LogP contribution in [0.5, 0.6) is 0 Å². The summed E-state index contributed by atoms with van der Waals surface area (Å²) >= 11 is 8.03. The molecule has 0 bridgehead atoms. The van der Waals surface area contributed by atoms with E-state index in [1.165, 1.54) is 11.3 Å². The molecule has 1 N–H and O–H groups in total. The Bertz CT molecular complexity index is 384. The third-order valence-electron chi connectivity index (χ3n) is 3.24. The summed E-state index contributed by atoms with van der Waals surface area (Å²) in [6, 6.07) is 6.67. The molecule has 0 heterocycles. The molecule has 1 aromatic carbocycles. The minimum absolute atomic E-state index is 0.499. The second-order valence-electron chi connectivity index (χ2n) is 4.87. The van der Waals surface area contributed by atoms with Crippen molar-refractivity contribution in [1.82, 2.24) is 5.32 Å². The summed E-state index contributed by atoms with van der Waals surface area (Å²) < 4.78 is 0. The SMILES string of the molecule is CCCNCc1ccc(Cl)cc1N(C)C(C)CSC. The van der Waals surface area contributed by atoms with Crippen LogP contribution in [0.4, 0.5) is 5.69 Å². The van der Waals surface area contributed by atoms with Crippen LogP contribution in [-0.2, 0) is 6.54 Å². The molecule has 108 valence electrons. The van der Waals surface area contributed by atoms with Gasteiger partial charge in [0.1, 0.15) is 0 Å². The van der Waals surface area contributed by atoms with Gasteiger partial charge in [0.15, 0.2) is 0 Å². The second kappa shape index (κ2) is 8.72. The number of hydrogen-bond donors (Lipinski definition) is 1. The maximum absolute atomic E-state index is 6.15. The Labute approximate surface area is 126 Å². The Morgan fingerprint density at radius 1 is 1.42 bits per heavy atom. The van der Waals surface area contributed by atoms with E-state index in [1.807, 2.05) is 17.8 Å². The first-order valence-corrected chi connectivity index (χ1v) is 8.58. The van der Waals surface area contributed by atoms with Crippen molar-refractivity contribution < 1.29 is 0 Å². The van der Waals surface area contributed by atoms with Crippen LogP contribution in [0.2, 0.25) is 5.02 Å². The zero-order chi connectivity index (χ0) is 14.3. The van der Waals surface area contributed by atoms with E-state index in [2.05, 4.69) is 49.5 Å². The number of rotatable bonds is 8. The van der Waals surface area contributed by atoms with E-state index in [0.717, 1.165) is 30.3 Å². The van der Waals surface area contributed by atoms with E-state index in [0.29, 0.717) is 6.04 Å². The van der Waals surface area contributed by atoms with Crippen LogP contribution >= 0.6 is 23.4 Å². The Hall–Kier alpha value is -0.380. The molecular formula is C15H25ClN2S. The normalized spacial score (nSPS) is 12.5. The quantitative estimate of drug-likeness (QED) is 0.730. The maximum atomic E-state index is 6.15. The van der Waals surface area contributed by atoms with Gasteiger partial charge in [-0.25, -0.2) is 0 Å². The molecule has 0 aromatic heterocycles. The summed E-state index contributed by atoms with van der Waals surface area (Å²) in [4.78, 5) is 2.32. The van der Waals surface area contributed by atoms with Crippen molar-refractivity contribution >= 4 is 29.1 Å². The zero-order valence-electron chi connectivity index (χ0n) is 12.4.